The van der Waals surface area contributed by atoms with E-state index in [4.69, 9.17) is 10.4 Å². The van der Waals surface area contributed by atoms with Crippen molar-refractivity contribution in [1.82, 2.24) is 20.2 Å². The molecule has 3 N–H and O–H groups in total. The van der Waals surface area contributed by atoms with Crippen molar-refractivity contribution in [2.75, 3.05) is 42.9 Å². The molecule has 1 saturated heterocycles. The van der Waals surface area contributed by atoms with Crippen LogP contribution in [-0.2, 0) is 6.54 Å². The molecule has 1 aromatic heterocycles. The summed E-state index contributed by atoms with van der Waals surface area (Å²) in [5.74, 6) is 0.372. The van der Waals surface area contributed by atoms with Gasteiger partial charge < -0.3 is 25.5 Å². The maximum absolute atomic E-state index is 12.7. The third-order valence-electron chi connectivity index (χ3n) is 5.23. The number of nitrogens with one attached hydrogen (secondary N) is 2. The molecule has 0 bridgehead atoms. The number of carbonyl (C=O) groups excluding carboxylic acids is 1. The number of hydrogen-bond acceptors (Lipinski definition) is 7. The Hall–Kier alpha value is -3.87. The molecule has 3 rings (SSSR count). The lowest BCUT2D eigenvalue weighted by Crippen LogP contribution is -2.48. The number of anilines is 2. The van der Waals surface area contributed by atoms with Crippen LogP contribution in [0, 0.1) is 16.7 Å². The number of amides is 2. The summed E-state index contributed by atoms with van der Waals surface area (Å²) in [4.78, 5) is 35.5. The van der Waals surface area contributed by atoms with E-state index in [2.05, 4.69) is 46.3 Å². The first-order valence-corrected chi connectivity index (χ1v) is 10.8. The molecular weight excluding hydrogens is 422 g/mol. The molecule has 1 aromatic carbocycles. The zero-order chi connectivity index (χ0) is 24.0. The number of hydrogen-bond donors (Lipinski definition) is 3. The fourth-order valence-corrected chi connectivity index (χ4v) is 3.35. The van der Waals surface area contributed by atoms with Gasteiger partial charge in [0.15, 0.2) is 0 Å². The number of benzene rings is 1. The molecule has 1 aliphatic heterocycles. The van der Waals surface area contributed by atoms with E-state index in [-0.39, 0.29) is 23.7 Å². The molecule has 2 heterocycles. The Balaban J connectivity index is 1.61. The first-order chi connectivity index (χ1) is 15.7. The molecule has 0 aliphatic carbocycles. The van der Waals surface area contributed by atoms with E-state index >= 15 is 0 Å². The number of piperazine rings is 1. The Kier molecular flexibility index (Phi) is 7.33. The fourth-order valence-electron chi connectivity index (χ4n) is 3.35. The molecule has 2 aromatic rings. The lowest BCUT2D eigenvalue weighted by Gasteiger charge is -2.34. The Morgan fingerprint density at radius 2 is 1.82 bits per heavy atom. The Labute approximate surface area is 193 Å². The number of nitriles is 1. The molecule has 0 radical (unpaired) electrons. The van der Waals surface area contributed by atoms with Gasteiger partial charge in [-0.25, -0.2) is 14.8 Å². The van der Waals surface area contributed by atoms with Crippen molar-refractivity contribution >= 4 is 23.5 Å². The van der Waals surface area contributed by atoms with Gasteiger partial charge in [-0.15, -0.1) is 0 Å². The molecule has 2 amide bonds. The maximum Gasteiger partial charge on any atom is 0.407 e. The van der Waals surface area contributed by atoms with E-state index in [1.807, 2.05) is 18.2 Å². The van der Waals surface area contributed by atoms with Crippen molar-refractivity contribution in [3.05, 3.63) is 47.4 Å². The first-order valence-electron chi connectivity index (χ1n) is 10.8. The molecular formula is C23H29N7O3. The summed E-state index contributed by atoms with van der Waals surface area (Å²) in [7, 11) is 0. The average molecular weight is 452 g/mol. The summed E-state index contributed by atoms with van der Waals surface area (Å²) in [5.41, 5.74) is 2.17. The van der Waals surface area contributed by atoms with Crippen molar-refractivity contribution in [1.29, 1.82) is 5.26 Å². The largest absolute Gasteiger partial charge is 0.465 e. The van der Waals surface area contributed by atoms with Crippen molar-refractivity contribution in [3.8, 4) is 6.07 Å². The smallest absolute Gasteiger partial charge is 0.407 e. The Morgan fingerprint density at radius 1 is 1.15 bits per heavy atom. The van der Waals surface area contributed by atoms with Crippen LogP contribution in [0.15, 0.2) is 30.5 Å². The first kappa shape index (κ1) is 23.8. The molecule has 0 spiro atoms. The molecule has 10 heteroatoms. The van der Waals surface area contributed by atoms with Crippen LogP contribution < -0.4 is 15.5 Å². The molecule has 33 heavy (non-hydrogen) atoms. The average Bonchev–Trinajstić information content (AvgIpc) is 2.81. The summed E-state index contributed by atoms with van der Waals surface area (Å²) in [6, 6.07) is 9.18. The van der Waals surface area contributed by atoms with E-state index in [0.29, 0.717) is 49.7 Å². The molecule has 10 nitrogen and oxygen atoms in total. The minimum absolute atomic E-state index is 0.0142. The highest BCUT2D eigenvalue weighted by Gasteiger charge is 2.21. The number of carbonyl (C=O) groups is 2. The minimum atomic E-state index is -0.897. The summed E-state index contributed by atoms with van der Waals surface area (Å²) in [6.07, 6.45) is 0.655. The van der Waals surface area contributed by atoms with E-state index in [1.54, 1.807) is 18.3 Å². The third kappa shape index (κ3) is 6.55. The highest BCUT2D eigenvalue weighted by atomic mass is 16.4. The lowest BCUT2D eigenvalue weighted by molar-refractivity contribution is 0.0950. The fraction of sp³-hybridized carbons (Fsp3) is 0.435. The maximum atomic E-state index is 12.7. The van der Waals surface area contributed by atoms with Crippen LogP contribution in [0.25, 0.3) is 0 Å². The van der Waals surface area contributed by atoms with E-state index in [1.165, 1.54) is 4.90 Å². The van der Waals surface area contributed by atoms with Gasteiger partial charge in [0.1, 0.15) is 11.9 Å². The topological polar surface area (TPSA) is 134 Å². The second-order valence-electron chi connectivity index (χ2n) is 9.08. The summed E-state index contributed by atoms with van der Waals surface area (Å²) in [6.45, 7) is 9.26. The van der Waals surface area contributed by atoms with Crippen molar-refractivity contribution in [2.45, 2.75) is 27.3 Å². The normalized spacial score (nSPS) is 13.9. The van der Waals surface area contributed by atoms with Crippen LogP contribution in [0.3, 0.4) is 0 Å². The quantitative estimate of drug-likeness (QED) is 0.610. The third-order valence-corrected chi connectivity index (χ3v) is 5.23. The summed E-state index contributed by atoms with van der Waals surface area (Å²) in [5, 5.41) is 24.3. The van der Waals surface area contributed by atoms with Crippen LogP contribution in [0.5, 0.6) is 0 Å². The van der Waals surface area contributed by atoms with Gasteiger partial charge in [-0.05, 0) is 29.7 Å². The number of aromatic nitrogens is 2. The van der Waals surface area contributed by atoms with Crippen molar-refractivity contribution in [3.63, 3.8) is 0 Å². The second kappa shape index (κ2) is 10.2. The van der Waals surface area contributed by atoms with Gasteiger partial charge in [-0.2, -0.15) is 5.26 Å². The number of carboxylic acid groups (broad SMARTS) is 1. The molecule has 0 atom stereocenters. The molecule has 0 unspecified atom stereocenters. The predicted octanol–water partition coefficient (Wildman–Crippen LogP) is 2.54. The number of rotatable bonds is 6. The standard InChI is InChI=1S/C23H29N7O3/c1-23(2,3)15-27-20-17(13-25-19(12-24)28-20)14-26-21(31)16-4-6-18(7-5-16)29-8-10-30(11-9-29)22(32)33/h4-7,13H,8-11,14-15H2,1-3H3,(H,26,31)(H,32,33)(H,25,27,28). The molecule has 0 saturated carbocycles. The Bertz CT molecular complexity index is 1030. The lowest BCUT2D eigenvalue weighted by atomic mass is 9.97. The van der Waals surface area contributed by atoms with Crippen LogP contribution in [-0.4, -0.2) is 64.7 Å². The monoisotopic (exact) mass is 451 g/mol. The van der Waals surface area contributed by atoms with E-state index in [9.17, 15) is 9.59 Å². The molecule has 1 aliphatic rings. The van der Waals surface area contributed by atoms with Crippen LogP contribution in [0.2, 0.25) is 0 Å². The summed E-state index contributed by atoms with van der Waals surface area (Å²) >= 11 is 0. The molecule has 1 fully saturated rings. The van der Waals surface area contributed by atoms with Gasteiger partial charge >= 0.3 is 6.09 Å². The van der Waals surface area contributed by atoms with Crippen LogP contribution in [0.4, 0.5) is 16.3 Å². The van der Waals surface area contributed by atoms with Crippen molar-refractivity contribution in [2.24, 2.45) is 5.41 Å². The minimum Gasteiger partial charge on any atom is -0.465 e. The second-order valence-corrected chi connectivity index (χ2v) is 9.08. The van der Waals surface area contributed by atoms with Crippen LogP contribution >= 0.6 is 0 Å². The molecule has 174 valence electrons. The van der Waals surface area contributed by atoms with Gasteiger partial charge in [0.25, 0.3) is 5.91 Å². The van der Waals surface area contributed by atoms with Gasteiger partial charge in [0.05, 0.1) is 0 Å². The summed E-state index contributed by atoms with van der Waals surface area (Å²) < 4.78 is 0. The van der Waals surface area contributed by atoms with Crippen molar-refractivity contribution < 1.29 is 14.7 Å². The van der Waals surface area contributed by atoms with Gasteiger partial charge in [-0.1, -0.05) is 20.8 Å². The highest BCUT2D eigenvalue weighted by Crippen LogP contribution is 2.19. The highest BCUT2D eigenvalue weighted by molar-refractivity contribution is 5.94. The van der Waals surface area contributed by atoms with E-state index < -0.39 is 6.09 Å². The zero-order valence-electron chi connectivity index (χ0n) is 19.1. The van der Waals surface area contributed by atoms with E-state index in [0.717, 1.165) is 5.69 Å². The zero-order valence-corrected chi connectivity index (χ0v) is 19.1. The SMILES string of the molecule is CC(C)(C)CNc1nc(C#N)ncc1CNC(=O)c1ccc(N2CCN(C(=O)O)CC2)cc1. The van der Waals surface area contributed by atoms with Crippen LogP contribution in [0.1, 0.15) is 42.5 Å². The van der Waals surface area contributed by atoms with Gasteiger partial charge in [0.2, 0.25) is 5.82 Å². The predicted molar refractivity (Wildman–Crippen MR) is 124 cm³/mol. The van der Waals surface area contributed by atoms with Gasteiger partial charge in [0, 0.05) is 62.3 Å². The number of nitrogens with zero attached hydrogens (tertiary/aromatic N) is 5. The van der Waals surface area contributed by atoms with Gasteiger partial charge in [-0.3, -0.25) is 4.79 Å². The Morgan fingerprint density at radius 3 is 2.39 bits per heavy atom.